The molecule has 1 fully saturated rings. The number of benzene rings is 3. The second-order valence-electron chi connectivity index (χ2n) is 10.7. The second-order valence-corrected chi connectivity index (χ2v) is 10.7. The third-order valence-electron chi connectivity index (χ3n) is 7.56. The highest BCUT2D eigenvalue weighted by atomic mass is 19.1. The Bertz CT molecular complexity index is 1380. The van der Waals surface area contributed by atoms with Crippen LogP contribution in [0.25, 0.3) is 10.9 Å². The van der Waals surface area contributed by atoms with E-state index in [0.717, 1.165) is 65.4 Å². The van der Waals surface area contributed by atoms with Gasteiger partial charge in [0.2, 0.25) is 0 Å². The van der Waals surface area contributed by atoms with Crippen molar-refractivity contribution in [3.63, 3.8) is 0 Å². The van der Waals surface area contributed by atoms with E-state index in [4.69, 9.17) is 4.98 Å². The lowest BCUT2D eigenvalue weighted by atomic mass is 9.81. The minimum absolute atomic E-state index is 0.218. The van der Waals surface area contributed by atoms with E-state index < -0.39 is 17.2 Å². The van der Waals surface area contributed by atoms with Crippen molar-refractivity contribution in [2.45, 2.75) is 37.7 Å². The van der Waals surface area contributed by atoms with Gasteiger partial charge in [-0.2, -0.15) is 0 Å². The van der Waals surface area contributed by atoms with Crippen LogP contribution in [0.2, 0.25) is 0 Å². The number of fused-ring (bicyclic) bond motifs is 1. The molecule has 198 valence electrons. The van der Waals surface area contributed by atoms with Gasteiger partial charge in [0.1, 0.15) is 17.5 Å². The molecular weight excluding hydrogens is 480 g/mol. The number of aliphatic hydroxyl groups is 1. The van der Waals surface area contributed by atoms with E-state index in [0.29, 0.717) is 19.4 Å². The van der Waals surface area contributed by atoms with E-state index in [1.54, 1.807) is 0 Å². The highest BCUT2D eigenvalue weighted by Gasteiger charge is 2.34. The van der Waals surface area contributed by atoms with Gasteiger partial charge in [-0.3, -0.25) is 0 Å². The van der Waals surface area contributed by atoms with Crippen LogP contribution in [0.4, 0.5) is 14.6 Å². The van der Waals surface area contributed by atoms with Gasteiger partial charge in [0.05, 0.1) is 11.1 Å². The molecule has 3 aromatic carbocycles. The van der Waals surface area contributed by atoms with Gasteiger partial charge < -0.3 is 14.9 Å². The quantitative estimate of drug-likeness (QED) is 0.293. The number of hydrogen-bond acceptors (Lipinski definition) is 4. The summed E-state index contributed by atoms with van der Waals surface area (Å²) in [5.41, 5.74) is 2.84. The molecule has 1 aromatic heterocycles. The fraction of sp³-hybridized carbons (Fsp3) is 0.344. The van der Waals surface area contributed by atoms with E-state index in [9.17, 15) is 13.9 Å². The van der Waals surface area contributed by atoms with Crippen LogP contribution in [0.1, 0.15) is 41.5 Å². The van der Waals surface area contributed by atoms with Crippen molar-refractivity contribution in [3.05, 3.63) is 107 Å². The standard InChI is InChI=1S/C32H35F2N3O/c1-36(2)17-14-32(38,24-19-25(33)21-26(34)20-24)22-29-27-12-6-7-13-30(27)35-31(37-15-8-9-16-37)28(29)18-23-10-4-3-5-11-23/h3-7,10-13,19-21,38H,8-9,14-18,22H2,1-2H3. The number of aromatic nitrogens is 1. The summed E-state index contributed by atoms with van der Waals surface area (Å²) in [4.78, 5) is 9.46. The van der Waals surface area contributed by atoms with Crippen LogP contribution in [0.15, 0.2) is 72.8 Å². The van der Waals surface area contributed by atoms with Crippen molar-refractivity contribution in [2.24, 2.45) is 0 Å². The maximum Gasteiger partial charge on any atom is 0.133 e. The van der Waals surface area contributed by atoms with Crippen molar-refractivity contribution in [2.75, 3.05) is 38.6 Å². The third-order valence-corrected chi connectivity index (χ3v) is 7.56. The molecule has 6 heteroatoms. The largest absolute Gasteiger partial charge is 0.385 e. The minimum atomic E-state index is -1.48. The molecule has 1 saturated heterocycles. The Labute approximate surface area is 223 Å². The summed E-state index contributed by atoms with van der Waals surface area (Å²) in [6.45, 7) is 2.43. The van der Waals surface area contributed by atoms with E-state index >= 15 is 0 Å². The van der Waals surface area contributed by atoms with E-state index in [1.165, 1.54) is 12.1 Å². The topological polar surface area (TPSA) is 39.6 Å². The van der Waals surface area contributed by atoms with Gasteiger partial charge in [-0.05, 0) is 68.2 Å². The first kappa shape index (κ1) is 26.3. The molecular formula is C32H35F2N3O. The molecule has 38 heavy (non-hydrogen) atoms. The summed E-state index contributed by atoms with van der Waals surface area (Å²) in [6.07, 6.45) is 3.42. The van der Waals surface area contributed by atoms with Gasteiger partial charge in [-0.15, -0.1) is 0 Å². The Morgan fingerprint density at radius 2 is 1.55 bits per heavy atom. The molecule has 4 aromatic rings. The smallest absolute Gasteiger partial charge is 0.133 e. The van der Waals surface area contributed by atoms with Crippen molar-refractivity contribution >= 4 is 16.7 Å². The third kappa shape index (κ3) is 5.71. The lowest BCUT2D eigenvalue weighted by molar-refractivity contribution is 0.0208. The zero-order valence-corrected chi connectivity index (χ0v) is 22.1. The molecule has 0 aliphatic carbocycles. The summed E-state index contributed by atoms with van der Waals surface area (Å²) >= 11 is 0. The number of rotatable bonds is 9. The number of nitrogens with zero attached hydrogens (tertiary/aromatic N) is 3. The van der Waals surface area contributed by atoms with Crippen LogP contribution < -0.4 is 4.90 Å². The van der Waals surface area contributed by atoms with E-state index in [-0.39, 0.29) is 12.0 Å². The van der Waals surface area contributed by atoms with Crippen LogP contribution in [0.3, 0.4) is 0 Å². The number of para-hydroxylation sites is 1. The number of hydrogen-bond donors (Lipinski definition) is 1. The predicted octanol–water partition coefficient (Wildman–Crippen LogP) is 6.09. The van der Waals surface area contributed by atoms with Gasteiger partial charge in [-0.25, -0.2) is 13.8 Å². The first-order valence-corrected chi connectivity index (χ1v) is 13.4. The Kier molecular flexibility index (Phi) is 7.73. The molecule has 0 radical (unpaired) electrons. The zero-order chi connectivity index (χ0) is 26.7. The summed E-state index contributed by atoms with van der Waals surface area (Å²) < 4.78 is 28.8. The molecule has 2 heterocycles. The maximum absolute atomic E-state index is 14.4. The van der Waals surface area contributed by atoms with Gasteiger partial charge in [0.15, 0.2) is 0 Å². The molecule has 0 saturated carbocycles. The Morgan fingerprint density at radius 1 is 0.895 bits per heavy atom. The van der Waals surface area contributed by atoms with Crippen molar-refractivity contribution in [3.8, 4) is 0 Å². The summed E-state index contributed by atoms with van der Waals surface area (Å²) in [7, 11) is 3.86. The zero-order valence-electron chi connectivity index (χ0n) is 22.1. The number of halogens is 2. The SMILES string of the molecule is CN(C)CCC(O)(Cc1c(Cc2ccccc2)c(N2CCCC2)nc2ccccc12)c1cc(F)cc(F)c1. The highest BCUT2D eigenvalue weighted by Crippen LogP contribution is 2.38. The fourth-order valence-electron chi connectivity index (χ4n) is 5.54. The molecule has 5 rings (SSSR count). The first-order chi connectivity index (χ1) is 18.3. The van der Waals surface area contributed by atoms with Crippen LogP contribution in [0.5, 0.6) is 0 Å². The van der Waals surface area contributed by atoms with Crippen LogP contribution in [-0.2, 0) is 18.4 Å². The van der Waals surface area contributed by atoms with Gasteiger partial charge in [0, 0.05) is 49.5 Å². The molecule has 0 spiro atoms. The summed E-state index contributed by atoms with van der Waals surface area (Å²) in [5.74, 6) is -0.435. The highest BCUT2D eigenvalue weighted by molar-refractivity contribution is 5.86. The molecule has 1 aliphatic rings. The minimum Gasteiger partial charge on any atom is -0.385 e. The van der Waals surface area contributed by atoms with Crippen LogP contribution in [0, 0.1) is 11.6 Å². The molecule has 0 amide bonds. The molecule has 1 unspecified atom stereocenters. The Morgan fingerprint density at radius 3 is 2.24 bits per heavy atom. The predicted molar refractivity (Wildman–Crippen MR) is 150 cm³/mol. The number of anilines is 1. The molecule has 1 aliphatic heterocycles. The maximum atomic E-state index is 14.4. The normalized spacial score (nSPS) is 15.4. The molecule has 1 N–H and O–H groups in total. The Hall–Kier alpha value is -3.35. The van der Waals surface area contributed by atoms with Crippen molar-refractivity contribution in [1.82, 2.24) is 9.88 Å². The Balaban J connectivity index is 1.72. The van der Waals surface area contributed by atoms with Gasteiger partial charge >= 0.3 is 0 Å². The average Bonchev–Trinajstić information content (AvgIpc) is 3.44. The van der Waals surface area contributed by atoms with E-state index in [1.807, 2.05) is 61.5 Å². The second kappa shape index (κ2) is 11.2. The van der Waals surface area contributed by atoms with Crippen molar-refractivity contribution in [1.29, 1.82) is 0 Å². The molecule has 0 bridgehead atoms. The van der Waals surface area contributed by atoms with Gasteiger partial charge in [0.25, 0.3) is 0 Å². The monoisotopic (exact) mass is 515 g/mol. The lowest BCUT2D eigenvalue weighted by Gasteiger charge is -2.33. The first-order valence-electron chi connectivity index (χ1n) is 13.4. The molecule has 1 atom stereocenters. The summed E-state index contributed by atoms with van der Waals surface area (Å²) in [6, 6.07) is 21.7. The summed E-state index contributed by atoms with van der Waals surface area (Å²) in [5, 5.41) is 13.2. The number of pyridine rings is 1. The van der Waals surface area contributed by atoms with Crippen LogP contribution in [-0.4, -0.2) is 48.7 Å². The average molecular weight is 516 g/mol. The lowest BCUT2D eigenvalue weighted by Crippen LogP contribution is -2.34. The van der Waals surface area contributed by atoms with Crippen LogP contribution >= 0.6 is 0 Å². The fourth-order valence-corrected chi connectivity index (χ4v) is 5.54. The van der Waals surface area contributed by atoms with Crippen molar-refractivity contribution < 1.29 is 13.9 Å². The molecule has 4 nitrogen and oxygen atoms in total. The van der Waals surface area contributed by atoms with E-state index in [2.05, 4.69) is 17.0 Å². The van der Waals surface area contributed by atoms with Gasteiger partial charge in [-0.1, -0.05) is 48.5 Å².